The number of fused-ring (bicyclic) bond motifs is 1. The number of aliphatic imine (C=N–C) groups is 1. The first-order valence-corrected chi connectivity index (χ1v) is 8.62. The molecule has 0 aromatic heterocycles. The number of anilines is 1. The fourth-order valence-electron chi connectivity index (χ4n) is 3.13. The first-order valence-electron chi connectivity index (χ1n) is 8.25. The highest BCUT2D eigenvalue weighted by Gasteiger charge is 2.28. The molecule has 0 radical (unpaired) electrons. The molecule has 26 heavy (non-hydrogen) atoms. The van der Waals surface area contributed by atoms with E-state index in [9.17, 15) is 10.1 Å². The van der Waals surface area contributed by atoms with Crippen molar-refractivity contribution in [3.63, 3.8) is 0 Å². The predicted octanol–water partition coefficient (Wildman–Crippen LogP) is 5.63. The Hall–Kier alpha value is -2.66. The van der Waals surface area contributed by atoms with Crippen LogP contribution in [0.2, 0.25) is 5.02 Å². The predicted molar refractivity (Wildman–Crippen MR) is 108 cm³/mol. The van der Waals surface area contributed by atoms with Crippen molar-refractivity contribution < 1.29 is 4.92 Å². The van der Waals surface area contributed by atoms with Gasteiger partial charge in [-0.25, -0.2) is 0 Å². The topological polar surface area (TPSA) is 58.7 Å². The smallest absolute Gasteiger partial charge is 0.290 e. The number of nitro benzene ring substituents is 1. The van der Waals surface area contributed by atoms with Crippen molar-refractivity contribution in [2.45, 2.75) is 26.3 Å². The highest BCUT2D eigenvalue weighted by atomic mass is 35.5. The Labute approximate surface area is 157 Å². The zero-order valence-electron chi connectivity index (χ0n) is 15.2. The van der Waals surface area contributed by atoms with Gasteiger partial charge < -0.3 is 4.90 Å². The normalized spacial score (nSPS) is 15.7. The molecule has 0 N–H and O–H groups in total. The number of nitrogens with zero attached hydrogens (tertiary/aromatic N) is 3. The minimum atomic E-state index is -0.508. The largest absolute Gasteiger partial charge is 0.366 e. The average Bonchev–Trinajstić information content (AvgIpc) is 2.58. The Morgan fingerprint density at radius 2 is 1.96 bits per heavy atom. The van der Waals surface area contributed by atoms with Crippen LogP contribution in [-0.4, -0.2) is 23.7 Å². The monoisotopic (exact) mass is 369 g/mol. The van der Waals surface area contributed by atoms with Crippen molar-refractivity contribution in [2.75, 3.05) is 11.9 Å². The Bertz CT molecular complexity index is 948. The van der Waals surface area contributed by atoms with Crippen LogP contribution in [0.25, 0.3) is 5.57 Å². The second-order valence-electron chi connectivity index (χ2n) is 6.97. The Balaban J connectivity index is 1.93. The molecule has 0 spiro atoms. The van der Waals surface area contributed by atoms with Crippen molar-refractivity contribution in [1.82, 2.24) is 0 Å². The van der Waals surface area contributed by atoms with Gasteiger partial charge in [-0.15, -0.1) is 0 Å². The van der Waals surface area contributed by atoms with E-state index in [1.165, 1.54) is 23.4 Å². The van der Waals surface area contributed by atoms with Crippen LogP contribution in [0.1, 0.15) is 31.9 Å². The van der Waals surface area contributed by atoms with E-state index in [1.807, 2.05) is 6.07 Å². The highest BCUT2D eigenvalue weighted by Crippen LogP contribution is 2.38. The molecular formula is C20H20ClN3O2. The molecule has 0 atom stereocenters. The van der Waals surface area contributed by atoms with Crippen molar-refractivity contribution in [3.05, 3.63) is 68.7 Å². The molecule has 2 aromatic rings. The van der Waals surface area contributed by atoms with Gasteiger partial charge in [0, 0.05) is 30.6 Å². The zero-order chi connectivity index (χ0) is 19.1. The molecule has 6 heteroatoms. The molecule has 0 amide bonds. The maximum Gasteiger partial charge on any atom is 0.290 e. The van der Waals surface area contributed by atoms with E-state index in [1.54, 1.807) is 12.3 Å². The van der Waals surface area contributed by atoms with Gasteiger partial charge in [0.1, 0.15) is 5.02 Å². The fraction of sp³-hybridized carbons (Fsp3) is 0.250. The lowest BCUT2D eigenvalue weighted by Gasteiger charge is -2.40. The molecule has 0 aliphatic carbocycles. The van der Waals surface area contributed by atoms with Crippen LogP contribution in [0.15, 0.2) is 47.5 Å². The van der Waals surface area contributed by atoms with E-state index >= 15 is 0 Å². The van der Waals surface area contributed by atoms with E-state index in [2.05, 4.69) is 55.9 Å². The molecule has 134 valence electrons. The van der Waals surface area contributed by atoms with Crippen LogP contribution < -0.4 is 4.90 Å². The van der Waals surface area contributed by atoms with E-state index in [0.29, 0.717) is 5.69 Å². The summed E-state index contributed by atoms with van der Waals surface area (Å²) in [7, 11) is 2.09. The quantitative estimate of drug-likeness (QED) is 0.400. The van der Waals surface area contributed by atoms with E-state index in [-0.39, 0.29) is 16.2 Å². The molecule has 5 nitrogen and oxygen atoms in total. The molecule has 0 saturated carbocycles. The number of nitro groups is 1. The van der Waals surface area contributed by atoms with E-state index < -0.39 is 4.92 Å². The lowest BCUT2D eigenvalue weighted by Crippen LogP contribution is -2.42. The third kappa shape index (κ3) is 3.35. The standard InChI is InChI=1S/C20H20ClN3O2/c1-13-11-20(2,3)23(4)18-8-5-14(9-16(13)18)12-22-15-6-7-17(21)19(10-15)24(25)26/h5-12H,1-4H3. The van der Waals surface area contributed by atoms with Crippen LogP contribution in [0.5, 0.6) is 0 Å². The van der Waals surface area contributed by atoms with Gasteiger partial charge in [-0.05, 0) is 56.2 Å². The maximum absolute atomic E-state index is 11.0. The van der Waals surface area contributed by atoms with Gasteiger partial charge in [-0.2, -0.15) is 0 Å². The summed E-state index contributed by atoms with van der Waals surface area (Å²) in [6.45, 7) is 6.47. The van der Waals surface area contributed by atoms with Crippen LogP contribution >= 0.6 is 11.6 Å². The summed E-state index contributed by atoms with van der Waals surface area (Å²) < 4.78 is 0. The van der Waals surface area contributed by atoms with Crippen LogP contribution in [-0.2, 0) is 0 Å². The zero-order valence-corrected chi connectivity index (χ0v) is 15.9. The minimum Gasteiger partial charge on any atom is -0.366 e. The Kier molecular flexibility index (Phi) is 4.59. The van der Waals surface area contributed by atoms with Gasteiger partial charge in [0.15, 0.2) is 0 Å². The molecule has 1 heterocycles. The fourth-order valence-corrected chi connectivity index (χ4v) is 3.31. The summed E-state index contributed by atoms with van der Waals surface area (Å²) in [6.07, 6.45) is 3.96. The summed E-state index contributed by atoms with van der Waals surface area (Å²) >= 11 is 5.84. The number of hydrogen-bond acceptors (Lipinski definition) is 4. The van der Waals surface area contributed by atoms with Crippen molar-refractivity contribution in [2.24, 2.45) is 4.99 Å². The second-order valence-corrected chi connectivity index (χ2v) is 7.37. The maximum atomic E-state index is 11.0. The van der Waals surface area contributed by atoms with Crippen molar-refractivity contribution >= 4 is 40.5 Å². The number of halogens is 1. The van der Waals surface area contributed by atoms with Gasteiger partial charge in [0.25, 0.3) is 5.69 Å². The lowest BCUT2D eigenvalue weighted by molar-refractivity contribution is -0.384. The number of hydrogen-bond donors (Lipinski definition) is 0. The number of benzene rings is 2. The average molecular weight is 370 g/mol. The number of likely N-dealkylation sites (N-methyl/N-ethyl adjacent to an activating group) is 1. The lowest BCUT2D eigenvalue weighted by atomic mass is 9.89. The SMILES string of the molecule is CC1=CC(C)(C)N(C)c2ccc(C=Nc3ccc(Cl)c([N+](=O)[O-])c3)cc21. The summed E-state index contributed by atoms with van der Waals surface area (Å²) in [5.74, 6) is 0. The molecule has 0 fully saturated rings. The summed E-state index contributed by atoms with van der Waals surface area (Å²) in [6, 6.07) is 10.7. The van der Waals surface area contributed by atoms with E-state index in [0.717, 1.165) is 11.1 Å². The highest BCUT2D eigenvalue weighted by molar-refractivity contribution is 6.32. The van der Waals surface area contributed by atoms with Gasteiger partial charge in [0.2, 0.25) is 0 Å². The summed E-state index contributed by atoms with van der Waals surface area (Å²) in [5.41, 5.74) is 4.81. The molecule has 2 aromatic carbocycles. The van der Waals surface area contributed by atoms with Gasteiger partial charge in [-0.3, -0.25) is 15.1 Å². The third-order valence-electron chi connectivity index (χ3n) is 4.73. The molecule has 1 aliphatic rings. The van der Waals surface area contributed by atoms with Gasteiger partial charge in [-0.1, -0.05) is 23.7 Å². The van der Waals surface area contributed by atoms with E-state index in [4.69, 9.17) is 11.6 Å². The van der Waals surface area contributed by atoms with Crippen molar-refractivity contribution in [3.8, 4) is 0 Å². The van der Waals surface area contributed by atoms with Gasteiger partial charge >= 0.3 is 0 Å². The Morgan fingerprint density at radius 3 is 2.65 bits per heavy atom. The first-order chi connectivity index (χ1) is 12.2. The third-order valence-corrected chi connectivity index (χ3v) is 5.05. The Morgan fingerprint density at radius 1 is 1.23 bits per heavy atom. The molecule has 1 aliphatic heterocycles. The number of rotatable bonds is 3. The van der Waals surface area contributed by atoms with Crippen molar-refractivity contribution in [1.29, 1.82) is 0 Å². The molecule has 0 unspecified atom stereocenters. The molecule has 0 saturated heterocycles. The van der Waals surface area contributed by atoms with Crippen LogP contribution in [0, 0.1) is 10.1 Å². The van der Waals surface area contributed by atoms with Crippen LogP contribution in [0.4, 0.5) is 17.1 Å². The summed E-state index contributed by atoms with van der Waals surface area (Å²) in [4.78, 5) is 17.1. The van der Waals surface area contributed by atoms with Gasteiger partial charge in [0.05, 0.1) is 16.1 Å². The van der Waals surface area contributed by atoms with Crippen LogP contribution in [0.3, 0.4) is 0 Å². The molecule has 0 bridgehead atoms. The number of allylic oxidation sites excluding steroid dienone is 1. The second kappa shape index (κ2) is 6.57. The minimum absolute atomic E-state index is 0.0328. The first kappa shape index (κ1) is 18.1. The molecule has 3 rings (SSSR count). The summed E-state index contributed by atoms with van der Waals surface area (Å²) in [5, 5.41) is 11.1. The molecular weight excluding hydrogens is 350 g/mol.